The highest BCUT2D eigenvalue weighted by Crippen LogP contribution is 2.66. The number of thiophene rings is 4. The van der Waals surface area contributed by atoms with Crippen LogP contribution in [-0.4, -0.2) is 0 Å². The molecule has 6 aromatic rings. The lowest BCUT2D eigenvalue weighted by atomic mass is 9.68. The van der Waals surface area contributed by atoms with Gasteiger partial charge >= 0.3 is 0 Å². The quantitative estimate of drug-likeness (QED) is 0.0283. The molecule has 9 rings (SSSR count). The Hall–Kier alpha value is -5.32. The van der Waals surface area contributed by atoms with Crippen LogP contribution >= 0.6 is 45.3 Å². The van der Waals surface area contributed by atoms with E-state index < -0.39 is 0 Å². The third kappa shape index (κ3) is 17.6. The maximum absolute atomic E-state index is 9.90. The van der Waals surface area contributed by atoms with Crippen LogP contribution in [0.25, 0.3) is 65.2 Å². The number of benzene rings is 2. The molecule has 0 unspecified atom stereocenters. The highest BCUT2D eigenvalue weighted by Gasteiger charge is 2.51. The Bertz CT molecular complexity index is 3570. The molecule has 4 nitrogen and oxygen atoms in total. The molecular weight excluding hydrogens is 1230 g/mol. The van der Waals surface area contributed by atoms with Gasteiger partial charge < -0.3 is 0 Å². The molecule has 0 amide bonds. The smallest absolute Gasteiger partial charge is 0.225 e. The topological polar surface area (TPSA) is 56.3 Å². The summed E-state index contributed by atoms with van der Waals surface area (Å²) in [7, 11) is 0. The van der Waals surface area contributed by atoms with Gasteiger partial charge in [-0.15, -0.1) is 45.3 Å². The number of hydrogen-bond acceptors (Lipinski definition) is 6. The lowest BCUT2D eigenvalue weighted by molar-refractivity contribution is 0.393. The van der Waals surface area contributed by atoms with Crippen LogP contribution in [0.5, 0.6) is 0 Å². The van der Waals surface area contributed by atoms with Gasteiger partial charge in [0.15, 0.2) is 0 Å². The molecule has 0 aliphatic heterocycles. The summed E-state index contributed by atoms with van der Waals surface area (Å²) in [4.78, 5) is 12.8. The fourth-order valence-corrected chi connectivity index (χ4v) is 21.4. The van der Waals surface area contributed by atoms with Crippen molar-refractivity contribution in [2.75, 3.05) is 0 Å². The summed E-state index contributed by atoms with van der Waals surface area (Å²) in [6, 6.07) is 29.3. The van der Waals surface area contributed by atoms with E-state index in [9.17, 15) is 10.5 Å². The van der Waals surface area contributed by atoms with Crippen molar-refractivity contribution in [3.8, 4) is 44.1 Å². The molecular formula is C87H114N4S4. The summed E-state index contributed by atoms with van der Waals surface area (Å²) in [6.45, 7) is 29.6. The number of hydrogen-bond donors (Lipinski definition) is 0. The van der Waals surface area contributed by atoms with Gasteiger partial charge in [-0.3, -0.25) is 0 Å². The predicted molar refractivity (Wildman–Crippen MR) is 414 cm³/mol. The van der Waals surface area contributed by atoms with Gasteiger partial charge in [0.05, 0.1) is 25.3 Å². The Morgan fingerprint density at radius 1 is 0.337 bits per heavy atom. The van der Waals surface area contributed by atoms with Gasteiger partial charge in [-0.05, 0) is 155 Å². The zero-order valence-electron chi connectivity index (χ0n) is 59.5. The fourth-order valence-electron chi connectivity index (χ4n) is 17.0. The van der Waals surface area contributed by atoms with Crippen LogP contribution in [0, 0.1) is 35.8 Å². The third-order valence-electron chi connectivity index (χ3n) is 22.2. The van der Waals surface area contributed by atoms with Crippen molar-refractivity contribution < 1.29 is 0 Å². The van der Waals surface area contributed by atoms with Crippen LogP contribution < -0.4 is 18.1 Å². The average molecular weight is 1340 g/mol. The van der Waals surface area contributed by atoms with E-state index in [0.29, 0.717) is 0 Å². The van der Waals surface area contributed by atoms with Gasteiger partial charge in [0.25, 0.3) is 11.4 Å². The number of nitrogens with zero attached hydrogens (tertiary/aromatic N) is 4. The van der Waals surface area contributed by atoms with Crippen molar-refractivity contribution >= 4 is 68.9 Å². The molecule has 4 aromatic heterocycles. The van der Waals surface area contributed by atoms with E-state index in [1.807, 2.05) is 34.8 Å². The molecule has 0 saturated carbocycles. The van der Waals surface area contributed by atoms with E-state index in [-0.39, 0.29) is 27.6 Å². The second kappa shape index (κ2) is 37.6. The summed E-state index contributed by atoms with van der Waals surface area (Å²) in [5.41, 5.74) is 15.9. The Kier molecular flexibility index (Phi) is 29.2. The van der Waals surface area contributed by atoms with Gasteiger partial charge in [0.1, 0.15) is 0 Å². The minimum absolute atomic E-state index is 0.0884. The Labute approximate surface area is 591 Å². The van der Waals surface area contributed by atoms with Crippen LogP contribution in [0.1, 0.15) is 354 Å². The van der Waals surface area contributed by atoms with Crippen molar-refractivity contribution in [1.29, 1.82) is 10.5 Å². The SMILES string of the molecule is [C-]#[N+]/C(C#N)=c1/cc/c(=C/c2cc3c(s2)-c2cc4c(cc2C3(CCCCCCCC)CCCCCCCC)-c2cc3c(cc2C4(CCCCCCCC)CCCCCCCC)-c2sc(/C=c4/cc/c(=C(/C#N)[N+]#[C-])s4)cc2C3(CCCCCCCC)CCCCCCCC)s1. The third-order valence-corrected chi connectivity index (χ3v) is 26.5. The van der Waals surface area contributed by atoms with Crippen LogP contribution in [0.2, 0.25) is 0 Å². The van der Waals surface area contributed by atoms with Gasteiger partial charge in [-0.1, -0.05) is 285 Å². The van der Waals surface area contributed by atoms with E-state index in [2.05, 4.69) is 124 Å². The Morgan fingerprint density at radius 2 is 0.589 bits per heavy atom. The standard InChI is InChI=1S/C87H114N4S4/c1-9-15-21-27-33-39-49-85(50-40-34-28-22-16-10-2)73-61-71-75(86(51-41-35-29-23-17-11-3,52-42-36-30-24-18-12-4)77-57-67(94-83(71)77)55-65-45-47-81(92-65)79(63-88)90-7)59-69(73)70-60-76-72(62-74(70)85)84-78(58-68(95-84)56-66-46-48-82(93-66)80(64-89)91-8)87(76,53-43-37-31-25-19-13-5)54-44-38-32-26-20-14-6/h45-48,55-62H,9-44,49-54H2,1-6H3/b65-55-,66-56-,81-79-,82-80+. The molecule has 0 spiro atoms. The van der Waals surface area contributed by atoms with Gasteiger partial charge in [0, 0.05) is 53.9 Å². The molecule has 4 heterocycles. The fraction of sp³-hybridized carbons (Fsp3) is 0.586. The lowest BCUT2D eigenvalue weighted by Crippen LogP contribution is -2.27. The summed E-state index contributed by atoms with van der Waals surface area (Å²) in [6.07, 6.45) is 58.2. The molecule has 0 saturated heterocycles. The van der Waals surface area contributed by atoms with E-state index in [1.54, 1.807) is 67.2 Å². The Morgan fingerprint density at radius 3 is 0.863 bits per heavy atom. The number of rotatable bonds is 44. The molecule has 95 heavy (non-hydrogen) atoms. The second-order valence-electron chi connectivity index (χ2n) is 28.9. The van der Waals surface area contributed by atoms with E-state index in [1.165, 1.54) is 300 Å². The average Bonchev–Trinajstić information content (AvgIpc) is 1.52. The van der Waals surface area contributed by atoms with Gasteiger partial charge in [-0.2, -0.15) is 0 Å². The zero-order valence-corrected chi connectivity index (χ0v) is 62.8. The number of fused-ring (bicyclic) bond motifs is 9. The molecule has 0 bridgehead atoms. The lowest BCUT2D eigenvalue weighted by Gasteiger charge is -2.35. The minimum Gasteiger partial charge on any atom is -0.225 e. The first kappa shape index (κ1) is 73.9. The molecule has 8 heteroatoms. The number of unbranched alkanes of at least 4 members (excludes halogenated alkanes) is 30. The molecule has 3 aliphatic carbocycles. The van der Waals surface area contributed by atoms with E-state index in [0.717, 1.165) is 18.1 Å². The van der Waals surface area contributed by atoms with Crippen molar-refractivity contribution in [1.82, 2.24) is 0 Å². The molecule has 0 N–H and O–H groups in total. The van der Waals surface area contributed by atoms with Crippen molar-refractivity contribution in [3.63, 3.8) is 0 Å². The van der Waals surface area contributed by atoms with Gasteiger partial charge in [-0.25, -0.2) is 20.2 Å². The maximum Gasteiger partial charge on any atom is 0.278 e. The van der Waals surface area contributed by atoms with Crippen LogP contribution in [0.4, 0.5) is 0 Å². The molecule has 0 fully saturated rings. The van der Waals surface area contributed by atoms with E-state index in [4.69, 9.17) is 13.1 Å². The van der Waals surface area contributed by atoms with Crippen LogP contribution in [-0.2, 0) is 16.2 Å². The molecule has 2 aromatic carbocycles. The summed E-state index contributed by atoms with van der Waals surface area (Å²) >= 11 is 7.18. The summed E-state index contributed by atoms with van der Waals surface area (Å²) < 4.78 is 3.73. The largest absolute Gasteiger partial charge is 0.278 e. The first-order chi connectivity index (χ1) is 46.7. The second-order valence-corrected chi connectivity index (χ2v) is 33.3. The molecule has 0 atom stereocenters. The normalized spacial score (nSPS) is 15.2. The first-order valence-corrected chi connectivity index (χ1v) is 41.8. The highest BCUT2D eigenvalue weighted by molar-refractivity contribution is 7.17. The van der Waals surface area contributed by atoms with E-state index >= 15 is 0 Å². The first-order valence-electron chi connectivity index (χ1n) is 38.5. The monoisotopic (exact) mass is 1340 g/mol. The number of nitriles is 2. The summed E-state index contributed by atoms with van der Waals surface area (Å²) in [5.74, 6) is 0. The predicted octanol–water partition coefficient (Wildman–Crippen LogP) is 26.0. The summed E-state index contributed by atoms with van der Waals surface area (Å²) in [5, 5.41) is 19.8. The Balaban J connectivity index is 1.31. The van der Waals surface area contributed by atoms with Crippen molar-refractivity contribution in [3.05, 3.63) is 145 Å². The van der Waals surface area contributed by atoms with Crippen LogP contribution in [0.15, 0.2) is 60.7 Å². The highest BCUT2D eigenvalue weighted by atomic mass is 32.1. The zero-order chi connectivity index (χ0) is 66.9. The van der Waals surface area contributed by atoms with Gasteiger partial charge in [0.2, 0.25) is 0 Å². The minimum atomic E-state index is -0.118. The van der Waals surface area contributed by atoms with Crippen LogP contribution in [0.3, 0.4) is 0 Å². The molecule has 3 aliphatic rings. The van der Waals surface area contributed by atoms with Crippen molar-refractivity contribution in [2.24, 2.45) is 0 Å². The molecule has 506 valence electrons. The van der Waals surface area contributed by atoms with Crippen molar-refractivity contribution in [2.45, 2.75) is 327 Å². The maximum atomic E-state index is 9.90. The molecule has 0 radical (unpaired) electrons.